The lowest BCUT2D eigenvalue weighted by Crippen LogP contribution is -2.06. The summed E-state index contributed by atoms with van der Waals surface area (Å²) in [5.74, 6) is -0.250. The van der Waals surface area contributed by atoms with Crippen LogP contribution >= 0.6 is 0 Å². The summed E-state index contributed by atoms with van der Waals surface area (Å²) >= 11 is 0. The second-order valence-electron chi connectivity index (χ2n) is 6.80. The van der Waals surface area contributed by atoms with Crippen LogP contribution in [0.1, 0.15) is 17.2 Å². The Bertz CT molecular complexity index is 1270. The zero-order chi connectivity index (χ0) is 22.9. The van der Waals surface area contributed by atoms with Gasteiger partial charge in [0.15, 0.2) is 5.82 Å². The Morgan fingerprint density at radius 2 is 1.78 bits per heavy atom. The molecule has 0 aromatic carbocycles. The molecule has 4 aromatic heterocycles. The maximum absolute atomic E-state index is 14.5. The summed E-state index contributed by atoms with van der Waals surface area (Å²) in [6.07, 6.45) is -0.850. The van der Waals surface area contributed by atoms with Crippen molar-refractivity contribution in [2.24, 2.45) is 0 Å². The fourth-order valence-electron chi connectivity index (χ4n) is 2.98. The molecule has 0 aliphatic heterocycles. The van der Waals surface area contributed by atoms with Gasteiger partial charge in [-0.3, -0.25) is 9.97 Å². The average Bonchev–Trinajstić information content (AvgIpc) is 2.78. The first-order valence-electron chi connectivity index (χ1n) is 9.26. The molecule has 4 heterocycles. The molecule has 1 unspecified atom stereocenters. The molecule has 32 heavy (non-hydrogen) atoms. The monoisotopic (exact) mass is 445 g/mol. The number of aliphatic hydroxyl groups is 2. The highest BCUT2D eigenvalue weighted by atomic mass is 19.4. The number of pyridine rings is 4. The van der Waals surface area contributed by atoms with E-state index in [2.05, 4.69) is 25.3 Å². The highest BCUT2D eigenvalue weighted by Gasteiger charge is 2.30. The lowest BCUT2D eigenvalue weighted by molar-refractivity contribution is -0.137. The Morgan fingerprint density at radius 3 is 2.44 bits per heavy atom. The summed E-state index contributed by atoms with van der Waals surface area (Å²) in [5.41, 5.74) is -0.553. The standard InChI is InChI=1S/C21H15F4N5O2/c22-15-5-12(17(32)10-31)7-29-19(15)16-6-11-3-4-26-20(14(11)9-27-16)30-18-2-1-13(8-28-18)21(23,24)25/h1-9,17,31-32H,10H2,(H,26,28,30). The minimum Gasteiger partial charge on any atom is -0.393 e. The Balaban J connectivity index is 1.64. The first-order valence-corrected chi connectivity index (χ1v) is 9.26. The van der Waals surface area contributed by atoms with E-state index in [9.17, 15) is 22.7 Å². The molecular weight excluding hydrogens is 430 g/mol. The molecule has 0 bridgehead atoms. The molecule has 1 atom stereocenters. The Labute approximate surface area is 178 Å². The molecule has 4 aromatic rings. The average molecular weight is 445 g/mol. The maximum atomic E-state index is 14.5. The predicted molar refractivity (Wildman–Crippen MR) is 107 cm³/mol. The molecule has 7 nitrogen and oxygen atoms in total. The van der Waals surface area contributed by atoms with Crippen LogP contribution in [0.4, 0.5) is 29.2 Å². The Hall–Kier alpha value is -3.70. The van der Waals surface area contributed by atoms with Gasteiger partial charge in [0.2, 0.25) is 0 Å². The molecule has 3 N–H and O–H groups in total. The summed E-state index contributed by atoms with van der Waals surface area (Å²) in [5, 5.41) is 22.6. The Morgan fingerprint density at radius 1 is 0.969 bits per heavy atom. The molecule has 0 saturated heterocycles. The third kappa shape index (κ3) is 4.34. The van der Waals surface area contributed by atoms with E-state index in [1.165, 1.54) is 24.7 Å². The summed E-state index contributed by atoms with van der Waals surface area (Å²) in [6, 6.07) is 6.41. The van der Waals surface area contributed by atoms with Crippen molar-refractivity contribution in [2.75, 3.05) is 11.9 Å². The summed E-state index contributed by atoms with van der Waals surface area (Å²) < 4.78 is 52.6. The zero-order valence-corrected chi connectivity index (χ0v) is 16.2. The van der Waals surface area contributed by atoms with Crippen molar-refractivity contribution >= 4 is 22.4 Å². The van der Waals surface area contributed by atoms with Gasteiger partial charge in [0, 0.05) is 35.7 Å². The molecule has 11 heteroatoms. The van der Waals surface area contributed by atoms with E-state index in [1.54, 1.807) is 12.1 Å². The van der Waals surface area contributed by atoms with Crippen LogP contribution in [-0.4, -0.2) is 36.8 Å². The van der Waals surface area contributed by atoms with Crippen LogP contribution < -0.4 is 5.32 Å². The van der Waals surface area contributed by atoms with Crippen LogP contribution in [0.3, 0.4) is 0 Å². The van der Waals surface area contributed by atoms with Crippen molar-refractivity contribution < 1.29 is 27.8 Å². The SMILES string of the molecule is OCC(O)c1cnc(-c2cc3ccnc(Nc4ccc(C(F)(F)F)cn4)c3cn2)c(F)c1. The van der Waals surface area contributed by atoms with E-state index in [4.69, 9.17) is 5.11 Å². The van der Waals surface area contributed by atoms with Gasteiger partial charge in [-0.15, -0.1) is 0 Å². The first kappa shape index (κ1) is 21.5. The van der Waals surface area contributed by atoms with Gasteiger partial charge in [-0.2, -0.15) is 13.2 Å². The second-order valence-corrected chi connectivity index (χ2v) is 6.80. The third-order valence-corrected chi connectivity index (χ3v) is 4.65. The molecule has 0 saturated carbocycles. The summed E-state index contributed by atoms with van der Waals surface area (Å²) in [7, 11) is 0. The van der Waals surface area contributed by atoms with Gasteiger partial charge in [-0.25, -0.2) is 14.4 Å². The van der Waals surface area contributed by atoms with Gasteiger partial charge in [0.25, 0.3) is 0 Å². The normalized spacial score (nSPS) is 12.7. The number of aliphatic hydroxyl groups excluding tert-OH is 2. The van der Waals surface area contributed by atoms with Gasteiger partial charge in [0.05, 0.1) is 17.9 Å². The van der Waals surface area contributed by atoms with E-state index >= 15 is 0 Å². The number of hydrogen-bond acceptors (Lipinski definition) is 7. The fraction of sp³-hybridized carbons (Fsp3) is 0.143. The molecule has 0 fully saturated rings. The highest BCUT2D eigenvalue weighted by Crippen LogP contribution is 2.31. The van der Waals surface area contributed by atoms with Crippen LogP contribution in [0.2, 0.25) is 0 Å². The van der Waals surface area contributed by atoms with Crippen LogP contribution in [0.25, 0.3) is 22.2 Å². The first-order chi connectivity index (χ1) is 15.3. The minimum atomic E-state index is -4.48. The van der Waals surface area contributed by atoms with Gasteiger partial charge in [-0.1, -0.05) is 0 Å². The number of halogens is 4. The van der Waals surface area contributed by atoms with Crippen LogP contribution in [0, 0.1) is 5.82 Å². The van der Waals surface area contributed by atoms with Gasteiger partial charge in [-0.05, 0) is 35.7 Å². The molecule has 0 aliphatic carbocycles. The van der Waals surface area contributed by atoms with Crippen molar-refractivity contribution in [3.63, 3.8) is 0 Å². The maximum Gasteiger partial charge on any atom is 0.417 e. The number of anilines is 2. The largest absolute Gasteiger partial charge is 0.417 e. The molecule has 164 valence electrons. The number of nitrogens with zero attached hydrogens (tertiary/aromatic N) is 4. The minimum absolute atomic E-state index is 0.0449. The number of alkyl halides is 3. The smallest absolute Gasteiger partial charge is 0.393 e. The van der Waals surface area contributed by atoms with E-state index in [-0.39, 0.29) is 22.8 Å². The summed E-state index contributed by atoms with van der Waals surface area (Å²) in [4.78, 5) is 16.2. The van der Waals surface area contributed by atoms with E-state index in [1.807, 2.05) is 0 Å². The highest BCUT2D eigenvalue weighted by molar-refractivity contribution is 5.94. The van der Waals surface area contributed by atoms with Crippen molar-refractivity contribution in [3.05, 3.63) is 72.1 Å². The third-order valence-electron chi connectivity index (χ3n) is 4.65. The van der Waals surface area contributed by atoms with Gasteiger partial charge < -0.3 is 15.5 Å². The summed E-state index contributed by atoms with van der Waals surface area (Å²) in [6.45, 7) is -0.564. The lowest BCUT2D eigenvalue weighted by Gasteiger charge is -2.11. The van der Waals surface area contributed by atoms with E-state index < -0.39 is 30.3 Å². The van der Waals surface area contributed by atoms with Crippen LogP contribution in [0.15, 0.2) is 55.1 Å². The lowest BCUT2D eigenvalue weighted by atomic mass is 10.1. The predicted octanol–water partition coefficient (Wildman–Crippen LogP) is 4.01. The van der Waals surface area contributed by atoms with E-state index in [0.29, 0.717) is 16.6 Å². The zero-order valence-electron chi connectivity index (χ0n) is 16.2. The van der Waals surface area contributed by atoms with Gasteiger partial charge >= 0.3 is 6.18 Å². The molecule has 4 rings (SSSR count). The second kappa shape index (κ2) is 8.44. The van der Waals surface area contributed by atoms with Crippen molar-refractivity contribution in [1.29, 1.82) is 0 Å². The fourth-order valence-corrected chi connectivity index (χ4v) is 2.98. The molecule has 0 radical (unpaired) electrons. The van der Waals surface area contributed by atoms with Crippen LogP contribution in [-0.2, 0) is 6.18 Å². The van der Waals surface area contributed by atoms with Crippen molar-refractivity contribution in [3.8, 4) is 11.4 Å². The molecule has 0 spiro atoms. The molecule has 0 aliphatic rings. The quantitative estimate of drug-likeness (QED) is 0.399. The van der Waals surface area contributed by atoms with Crippen LogP contribution in [0.5, 0.6) is 0 Å². The number of aromatic nitrogens is 4. The number of rotatable bonds is 5. The number of hydrogen-bond donors (Lipinski definition) is 3. The topological polar surface area (TPSA) is 104 Å². The van der Waals surface area contributed by atoms with Crippen molar-refractivity contribution in [2.45, 2.75) is 12.3 Å². The van der Waals surface area contributed by atoms with Gasteiger partial charge in [0.1, 0.15) is 23.4 Å². The molecule has 0 amide bonds. The van der Waals surface area contributed by atoms with E-state index in [0.717, 1.165) is 18.3 Å². The molecular formula is C21H15F4N5O2. The number of nitrogens with one attached hydrogen (secondary N) is 1. The van der Waals surface area contributed by atoms with Crippen molar-refractivity contribution in [1.82, 2.24) is 19.9 Å². The Kier molecular flexibility index (Phi) is 5.68. The number of fused-ring (bicyclic) bond motifs is 1.